The van der Waals surface area contributed by atoms with Crippen LogP contribution in [0.3, 0.4) is 0 Å². The molecule has 2 rings (SSSR count). The second-order valence-electron chi connectivity index (χ2n) is 4.16. The molecular formula is C13H17NO3. The van der Waals surface area contributed by atoms with E-state index in [2.05, 4.69) is 0 Å². The first-order valence-corrected chi connectivity index (χ1v) is 5.78. The van der Waals surface area contributed by atoms with Crippen LogP contribution in [0, 0.1) is 0 Å². The molecule has 92 valence electrons. The zero-order valence-electron chi connectivity index (χ0n) is 10.2. The van der Waals surface area contributed by atoms with Crippen LogP contribution in [0.25, 0.3) is 0 Å². The number of nitrogens with two attached hydrogens (primary N) is 1. The number of benzene rings is 1. The van der Waals surface area contributed by atoms with Crippen molar-refractivity contribution < 1.29 is 14.3 Å². The highest BCUT2D eigenvalue weighted by Gasteiger charge is 2.27. The standard InChI is InChI=1S/C13H17NO3/c1-3-17-13(15)9-4-5-12(16-2)11-7-8(14)6-10(9)11/h4-5,8H,3,6-7,14H2,1-2H3. The maximum absolute atomic E-state index is 11.8. The highest BCUT2D eigenvalue weighted by atomic mass is 16.5. The highest BCUT2D eigenvalue weighted by molar-refractivity contribution is 5.92. The molecule has 0 heterocycles. The number of esters is 1. The van der Waals surface area contributed by atoms with Gasteiger partial charge in [-0.3, -0.25) is 0 Å². The summed E-state index contributed by atoms with van der Waals surface area (Å²) >= 11 is 0. The van der Waals surface area contributed by atoms with E-state index in [-0.39, 0.29) is 12.0 Å². The molecule has 4 nitrogen and oxygen atoms in total. The van der Waals surface area contributed by atoms with Gasteiger partial charge in [-0.1, -0.05) is 0 Å². The minimum absolute atomic E-state index is 0.0643. The van der Waals surface area contributed by atoms with Gasteiger partial charge in [-0.15, -0.1) is 0 Å². The summed E-state index contributed by atoms with van der Waals surface area (Å²) in [5.74, 6) is 0.529. The van der Waals surface area contributed by atoms with E-state index in [1.54, 1.807) is 20.1 Å². The average Bonchev–Trinajstić information content (AvgIpc) is 2.69. The molecule has 17 heavy (non-hydrogen) atoms. The van der Waals surface area contributed by atoms with Gasteiger partial charge in [0.15, 0.2) is 0 Å². The van der Waals surface area contributed by atoms with E-state index >= 15 is 0 Å². The fraction of sp³-hybridized carbons (Fsp3) is 0.462. The van der Waals surface area contributed by atoms with Gasteiger partial charge in [0.2, 0.25) is 0 Å². The number of hydrogen-bond acceptors (Lipinski definition) is 4. The van der Waals surface area contributed by atoms with Crippen molar-refractivity contribution in [2.75, 3.05) is 13.7 Å². The third kappa shape index (κ3) is 2.13. The smallest absolute Gasteiger partial charge is 0.338 e. The van der Waals surface area contributed by atoms with Gasteiger partial charge in [0.1, 0.15) is 5.75 Å². The molecule has 0 bridgehead atoms. The minimum atomic E-state index is -0.277. The maximum Gasteiger partial charge on any atom is 0.338 e. The van der Waals surface area contributed by atoms with E-state index in [1.165, 1.54) is 0 Å². The Balaban J connectivity index is 2.43. The fourth-order valence-corrected chi connectivity index (χ4v) is 2.32. The molecular weight excluding hydrogens is 218 g/mol. The van der Waals surface area contributed by atoms with Crippen LogP contribution in [0.2, 0.25) is 0 Å². The van der Waals surface area contributed by atoms with Crippen molar-refractivity contribution >= 4 is 5.97 Å². The third-order valence-electron chi connectivity index (χ3n) is 3.04. The molecule has 1 aromatic rings. The quantitative estimate of drug-likeness (QED) is 0.802. The predicted octanol–water partition coefficient (Wildman–Crippen LogP) is 1.30. The number of ether oxygens (including phenoxy) is 2. The van der Waals surface area contributed by atoms with Crippen LogP contribution in [0.1, 0.15) is 28.4 Å². The number of hydrogen-bond donors (Lipinski definition) is 1. The van der Waals surface area contributed by atoms with E-state index in [0.717, 1.165) is 23.3 Å². The monoisotopic (exact) mass is 235 g/mol. The molecule has 1 aromatic carbocycles. The van der Waals surface area contributed by atoms with E-state index in [1.807, 2.05) is 6.07 Å². The summed E-state index contributed by atoms with van der Waals surface area (Å²) in [6, 6.07) is 3.63. The summed E-state index contributed by atoms with van der Waals surface area (Å²) in [4.78, 5) is 11.8. The van der Waals surface area contributed by atoms with Gasteiger partial charge in [-0.25, -0.2) is 4.79 Å². The second kappa shape index (κ2) is 4.75. The largest absolute Gasteiger partial charge is 0.496 e. The molecule has 1 aliphatic rings. The van der Waals surface area contributed by atoms with E-state index < -0.39 is 0 Å². The Morgan fingerprint density at radius 1 is 1.41 bits per heavy atom. The Kier molecular flexibility index (Phi) is 3.33. The van der Waals surface area contributed by atoms with Crippen molar-refractivity contribution in [1.82, 2.24) is 0 Å². The average molecular weight is 235 g/mol. The molecule has 0 aromatic heterocycles. The van der Waals surface area contributed by atoms with Gasteiger partial charge in [-0.2, -0.15) is 0 Å². The molecule has 0 saturated heterocycles. The zero-order chi connectivity index (χ0) is 12.4. The Labute approximate surface area is 101 Å². The van der Waals surface area contributed by atoms with Gasteiger partial charge in [0.25, 0.3) is 0 Å². The zero-order valence-corrected chi connectivity index (χ0v) is 10.2. The molecule has 4 heteroatoms. The molecule has 1 atom stereocenters. The lowest BCUT2D eigenvalue weighted by molar-refractivity contribution is 0.0525. The van der Waals surface area contributed by atoms with Crippen LogP contribution in [0.15, 0.2) is 12.1 Å². The van der Waals surface area contributed by atoms with Crippen LogP contribution in [0.4, 0.5) is 0 Å². The Bertz CT molecular complexity index is 443. The van der Waals surface area contributed by atoms with Crippen molar-refractivity contribution in [3.05, 3.63) is 28.8 Å². The number of fused-ring (bicyclic) bond motifs is 1. The van der Waals surface area contributed by atoms with Crippen molar-refractivity contribution in [3.63, 3.8) is 0 Å². The van der Waals surface area contributed by atoms with Crippen molar-refractivity contribution in [1.29, 1.82) is 0 Å². The first kappa shape index (κ1) is 11.9. The summed E-state index contributed by atoms with van der Waals surface area (Å²) in [6.45, 7) is 2.18. The summed E-state index contributed by atoms with van der Waals surface area (Å²) in [7, 11) is 1.63. The van der Waals surface area contributed by atoms with Gasteiger partial charge < -0.3 is 15.2 Å². The van der Waals surface area contributed by atoms with Crippen molar-refractivity contribution in [2.24, 2.45) is 5.73 Å². The Morgan fingerprint density at radius 2 is 2.12 bits per heavy atom. The lowest BCUT2D eigenvalue weighted by atomic mass is 10.0. The molecule has 0 aliphatic heterocycles. The molecule has 0 saturated carbocycles. The van der Waals surface area contributed by atoms with Crippen LogP contribution >= 0.6 is 0 Å². The second-order valence-corrected chi connectivity index (χ2v) is 4.16. The Hall–Kier alpha value is -1.55. The third-order valence-corrected chi connectivity index (χ3v) is 3.04. The number of rotatable bonds is 3. The highest BCUT2D eigenvalue weighted by Crippen LogP contribution is 2.33. The van der Waals surface area contributed by atoms with Crippen LogP contribution in [-0.4, -0.2) is 25.7 Å². The van der Waals surface area contributed by atoms with Gasteiger partial charge in [0.05, 0.1) is 19.3 Å². The first-order chi connectivity index (χ1) is 8.17. The predicted molar refractivity (Wildman–Crippen MR) is 64.3 cm³/mol. The maximum atomic E-state index is 11.8. The van der Waals surface area contributed by atoms with Crippen LogP contribution in [0.5, 0.6) is 5.75 Å². The van der Waals surface area contributed by atoms with E-state index in [4.69, 9.17) is 15.2 Å². The summed E-state index contributed by atoms with van der Waals surface area (Å²) < 4.78 is 10.3. The van der Waals surface area contributed by atoms with E-state index in [9.17, 15) is 4.79 Å². The van der Waals surface area contributed by atoms with Gasteiger partial charge >= 0.3 is 5.97 Å². The molecule has 1 unspecified atom stereocenters. The van der Waals surface area contributed by atoms with Crippen LogP contribution < -0.4 is 10.5 Å². The Morgan fingerprint density at radius 3 is 2.76 bits per heavy atom. The summed E-state index contributed by atoms with van der Waals surface area (Å²) in [5.41, 5.74) is 8.59. The SMILES string of the molecule is CCOC(=O)c1ccc(OC)c2c1CC(N)C2. The molecule has 0 fully saturated rings. The first-order valence-electron chi connectivity index (χ1n) is 5.78. The lowest BCUT2D eigenvalue weighted by Gasteiger charge is -2.11. The molecule has 0 amide bonds. The fourth-order valence-electron chi connectivity index (χ4n) is 2.32. The number of carbonyl (C=O) groups excluding carboxylic acids is 1. The van der Waals surface area contributed by atoms with Gasteiger partial charge in [0, 0.05) is 6.04 Å². The number of carbonyl (C=O) groups is 1. The van der Waals surface area contributed by atoms with Gasteiger partial charge in [-0.05, 0) is 43.0 Å². The minimum Gasteiger partial charge on any atom is -0.496 e. The normalized spacial score (nSPS) is 17.7. The van der Waals surface area contributed by atoms with Crippen LogP contribution in [-0.2, 0) is 17.6 Å². The molecule has 0 radical (unpaired) electrons. The molecule has 0 spiro atoms. The summed E-state index contributed by atoms with van der Waals surface area (Å²) in [5, 5.41) is 0. The lowest BCUT2D eigenvalue weighted by Crippen LogP contribution is -2.19. The van der Waals surface area contributed by atoms with Crippen molar-refractivity contribution in [3.8, 4) is 5.75 Å². The van der Waals surface area contributed by atoms with Crippen molar-refractivity contribution in [2.45, 2.75) is 25.8 Å². The molecule has 1 aliphatic carbocycles. The molecule has 2 N–H and O–H groups in total. The van der Waals surface area contributed by atoms with E-state index in [0.29, 0.717) is 18.6 Å². The number of methoxy groups -OCH3 is 1. The topological polar surface area (TPSA) is 61.5 Å². The summed E-state index contributed by atoms with van der Waals surface area (Å²) in [6.07, 6.45) is 1.46.